The second kappa shape index (κ2) is 15.6. The van der Waals surface area contributed by atoms with Gasteiger partial charge in [-0.1, -0.05) is 137 Å². The van der Waals surface area contributed by atoms with Gasteiger partial charge in [-0.3, -0.25) is 0 Å². The molecule has 4 aromatic carbocycles. The molecule has 0 aliphatic carbocycles. The van der Waals surface area contributed by atoms with Crippen LogP contribution in [0.5, 0.6) is 0 Å². The number of aryl methyl sites for hydroxylation is 1. The third-order valence-electron chi connectivity index (χ3n) is 7.30. The third-order valence-corrected chi connectivity index (χ3v) is 12.0. The predicted octanol–water partition coefficient (Wildman–Crippen LogP) is -2.53. The summed E-state index contributed by atoms with van der Waals surface area (Å²) in [6, 6.07) is 35.5. The quantitative estimate of drug-likeness (QED) is 0.122. The van der Waals surface area contributed by atoms with E-state index in [0.717, 1.165) is 0 Å². The summed E-state index contributed by atoms with van der Waals surface area (Å²) in [5.41, 5.74) is 5.58. The minimum atomic E-state index is -2.51. The average molecular weight is 618 g/mol. The molecule has 0 atom stereocenters. The van der Waals surface area contributed by atoms with E-state index in [2.05, 4.69) is 139 Å². The standard InChI is InChI=1S/C33H39Si.3ClH.Ti/c1-23(2)27-11-8-14-30(20-27)34(33-18-17-26(7)19-33,31-15-9-12-28(21-31)24(3)4)32-16-10-13-29(22-32)25(5)6;;;;/h8-25H,1-7H3;3*1H;/q-1;;;;+4/p-3. The first-order chi connectivity index (χ1) is 16.2. The Labute approximate surface area is 265 Å². The van der Waals surface area contributed by atoms with E-state index in [1.807, 2.05) is 0 Å². The van der Waals surface area contributed by atoms with Gasteiger partial charge in [0.2, 0.25) is 0 Å². The average Bonchev–Trinajstić information content (AvgIpc) is 3.26. The van der Waals surface area contributed by atoms with Crippen LogP contribution in [-0.2, 0) is 21.7 Å². The molecule has 5 heteroatoms. The van der Waals surface area contributed by atoms with Crippen LogP contribution in [-0.4, -0.2) is 8.07 Å². The van der Waals surface area contributed by atoms with Crippen molar-refractivity contribution >= 4 is 28.8 Å². The van der Waals surface area contributed by atoms with E-state index in [4.69, 9.17) is 0 Å². The molecule has 0 heterocycles. The zero-order valence-corrected chi connectivity index (χ0v) is 28.4. The Kier molecular flexibility index (Phi) is 15.1. The van der Waals surface area contributed by atoms with Gasteiger partial charge < -0.3 is 37.2 Å². The van der Waals surface area contributed by atoms with Crippen molar-refractivity contribution in [2.24, 2.45) is 0 Å². The van der Waals surface area contributed by atoms with Gasteiger partial charge in [0.15, 0.2) is 0 Å². The van der Waals surface area contributed by atoms with Crippen molar-refractivity contribution in [1.29, 1.82) is 0 Å². The SMILES string of the molecule is Cc1cc[c-]([Si](c2cccc(C(C)C)c2)(c2cccc(C(C)C)c2)c2cccc(C(C)C)c2)c1.[Cl-].[Cl-].[Cl-].[Ti+4]. The molecule has 0 bridgehead atoms. The van der Waals surface area contributed by atoms with Crippen LogP contribution in [0, 0.1) is 6.92 Å². The zero-order chi connectivity index (χ0) is 24.5. The van der Waals surface area contributed by atoms with Crippen LogP contribution in [0.4, 0.5) is 0 Å². The smallest absolute Gasteiger partial charge is 1.00 e. The van der Waals surface area contributed by atoms with Crippen molar-refractivity contribution in [3.05, 3.63) is 113 Å². The summed E-state index contributed by atoms with van der Waals surface area (Å²) in [6.45, 7) is 16.0. The Bertz CT molecular complexity index is 1150. The maximum absolute atomic E-state index is 2.51. The molecular weight excluding hydrogens is 579 g/mol. The van der Waals surface area contributed by atoms with Crippen LogP contribution in [0.15, 0.2) is 91.0 Å². The molecule has 0 spiro atoms. The Balaban J connectivity index is 0.00000342. The first-order valence-corrected chi connectivity index (χ1v) is 14.8. The molecule has 0 saturated carbocycles. The van der Waals surface area contributed by atoms with Crippen molar-refractivity contribution in [3.8, 4) is 0 Å². The molecule has 0 N–H and O–H groups in total. The van der Waals surface area contributed by atoms with Crippen LogP contribution in [0.1, 0.15) is 81.5 Å². The molecule has 0 saturated heterocycles. The van der Waals surface area contributed by atoms with Gasteiger partial charge in [-0.25, -0.2) is 11.6 Å². The monoisotopic (exact) mass is 616 g/mol. The molecule has 0 amide bonds. The maximum atomic E-state index is 2.50. The van der Waals surface area contributed by atoms with Gasteiger partial charge in [-0.05, 0) is 34.4 Å². The van der Waals surface area contributed by atoms with E-state index >= 15 is 0 Å². The van der Waals surface area contributed by atoms with Crippen LogP contribution in [0.2, 0.25) is 0 Å². The Morgan fingerprint density at radius 1 is 0.553 bits per heavy atom. The fourth-order valence-corrected chi connectivity index (χ4v) is 10.2. The molecule has 0 aliphatic rings. The van der Waals surface area contributed by atoms with Gasteiger partial charge >= 0.3 is 21.7 Å². The summed E-state index contributed by atoms with van der Waals surface area (Å²) in [5, 5.41) is 5.91. The number of rotatable bonds is 7. The van der Waals surface area contributed by atoms with Gasteiger partial charge in [-0.2, -0.15) is 12.1 Å². The molecule has 0 fully saturated rings. The molecule has 200 valence electrons. The first-order valence-electron chi connectivity index (χ1n) is 12.8. The normalized spacial score (nSPS) is 10.9. The second-order valence-electron chi connectivity index (χ2n) is 10.8. The molecule has 0 aliphatic heterocycles. The minimum Gasteiger partial charge on any atom is -1.00 e. The number of benzene rings is 3. The van der Waals surface area contributed by atoms with Gasteiger partial charge in [-0.15, -0.1) is 5.19 Å². The summed E-state index contributed by atoms with van der Waals surface area (Å²) in [6.07, 6.45) is 0. The Hall–Kier alpha value is -1.19. The summed E-state index contributed by atoms with van der Waals surface area (Å²) < 4.78 is 0. The number of hydrogen-bond donors (Lipinski definition) is 0. The number of halogens is 3. The molecule has 0 nitrogen and oxygen atoms in total. The van der Waals surface area contributed by atoms with Crippen molar-refractivity contribution in [3.63, 3.8) is 0 Å². The summed E-state index contributed by atoms with van der Waals surface area (Å²) in [4.78, 5) is 0. The van der Waals surface area contributed by atoms with Crippen LogP contribution >= 0.6 is 0 Å². The molecule has 0 unspecified atom stereocenters. The largest absolute Gasteiger partial charge is 4.00 e. The molecule has 4 aromatic rings. The summed E-state index contributed by atoms with van der Waals surface area (Å²) in [5.74, 6) is 1.49. The maximum Gasteiger partial charge on any atom is 4.00 e. The Morgan fingerprint density at radius 2 is 0.895 bits per heavy atom. The van der Waals surface area contributed by atoms with Gasteiger partial charge in [0.1, 0.15) is 8.07 Å². The Morgan fingerprint density at radius 3 is 1.16 bits per heavy atom. The summed E-state index contributed by atoms with van der Waals surface area (Å²) in [7, 11) is -2.51. The van der Waals surface area contributed by atoms with Crippen LogP contribution < -0.4 is 58.0 Å². The second-order valence-corrected chi connectivity index (χ2v) is 14.6. The van der Waals surface area contributed by atoms with E-state index in [9.17, 15) is 0 Å². The number of hydrogen-bond acceptors (Lipinski definition) is 0. The van der Waals surface area contributed by atoms with E-state index in [1.165, 1.54) is 43.0 Å². The van der Waals surface area contributed by atoms with Crippen molar-refractivity contribution in [2.45, 2.75) is 66.2 Å². The molecule has 4 rings (SSSR count). The summed E-state index contributed by atoms with van der Waals surface area (Å²) >= 11 is 0. The third kappa shape index (κ3) is 7.30. The van der Waals surface area contributed by atoms with Crippen LogP contribution in [0.3, 0.4) is 0 Å². The van der Waals surface area contributed by atoms with E-state index < -0.39 is 8.07 Å². The zero-order valence-electron chi connectivity index (χ0n) is 23.5. The molecular formula is C33H39Cl3SiTi. The van der Waals surface area contributed by atoms with Gasteiger partial charge in [0.05, 0.1) is 0 Å². The van der Waals surface area contributed by atoms with E-state index in [0.29, 0.717) is 17.8 Å². The topological polar surface area (TPSA) is 0 Å². The van der Waals surface area contributed by atoms with Crippen molar-refractivity contribution < 1.29 is 58.9 Å². The molecule has 38 heavy (non-hydrogen) atoms. The fourth-order valence-electron chi connectivity index (χ4n) is 5.19. The first kappa shape index (κ1) is 36.8. The van der Waals surface area contributed by atoms with Crippen molar-refractivity contribution in [1.82, 2.24) is 0 Å². The predicted molar refractivity (Wildman–Crippen MR) is 153 cm³/mol. The molecule has 0 aromatic heterocycles. The van der Waals surface area contributed by atoms with Gasteiger partial charge in [0, 0.05) is 0 Å². The van der Waals surface area contributed by atoms with Crippen molar-refractivity contribution in [2.75, 3.05) is 0 Å². The van der Waals surface area contributed by atoms with Crippen LogP contribution in [0.25, 0.3) is 0 Å². The van der Waals surface area contributed by atoms with E-state index in [1.54, 1.807) is 0 Å². The molecule has 0 radical (unpaired) electrons. The van der Waals surface area contributed by atoms with Gasteiger partial charge in [0.25, 0.3) is 0 Å². The van der Waals surface area contributed by atoms with E-state index in [-0.39, 0.29) is 58.9 Å². The minimum absolute atomic E-state index is 0. The fraction of sp³-hybridized carbons (Fsp3) is 0.303.